The molecule has 8 heteroatoms. The molecule has 0 saturated carbocycles. The van der Waals surface area contributed by atoms with Gasteiger partial charge in [-0.2, -0.15) is 5.10 Å². The van der Waals surface area contributed by atoms with Crippen molar-refractivity contribution >= 4 is 23.9 Å². The van der Waals surface area contributed by atoms with Gasteiger partial charge in [0.2, 0.25) is 0 Å². The van der Waals surface area contributed by atoms with Crippen LogP contribution in [0, 0.1) is 17.0 Å². The molecule has 0 atom stereocenters. The van der Waals surface area contributed by atoms with Crippen molar-refractivity contribution in [2.75, 3.05) is 6.61 Å². The summed E-state index contributed by atoms with van der Waals surface area (Å²) < 4.78 is 10.4. The summed E-state index contributed by atoms with van der Waals surface area (Å²) in [5.74, 6) is 0.957. The Morgan fingerprint density at radius 1 is 1.38 bits per heavy atom. The minimum atomic E-state index is -0.577. The minimum absolute atomic E-state index is 0.0229. The number of rotatable bonds is 7. The van der Waals surface area contributed by atoms with Crippen molar-refractivity contribution in [1.29, 1.82) is 0 Å². The maximum atomic E-state index is 11.6. The first-order chi connectivity index (χ1) is 11.6. The predicted octanol–water partition coefficient (Wildman–Crippen LogP) is 2.69. The highest BCUT2D eigenvalue weighted by Crippen LogP contribution is 2.25. The molecule has 8 nitrogen and oxygen atoms in total. The molecule has 124 valence electrons. The third kappa shape index (κ3) is 5.09. The summed E-state index contributed by atoms with van der Waals surface area (Å²) in [4.78, 5) is 21.8. The number of hydrogen-bond donors (Lipinski definition) is 1. The van der Waals surface area contributed by atoms with E-state index < -0.39 is 10.8 Å². The lowest BCUT2D eigenvalue weighted by Crippen LogP contribution is -2.24. The molecular formula is C16H15N3O5. The number of para-hydroxylation sites is 2. The number of carbonyl (C=O) groups is 1. The van der Waals surface area contributed by atoms with Gasteiger partial charge >= 0.3 is 5.69 Å². The molecule has 1 N–H and O–H groups in total. The molecule has 1 amide bonds. The Hall–Kier alpha value is -3.42. The normalized spacial score (nSPS) is 11.0. The molecule has 0 saturated heterocycles. The van der Waals surface area contributed by atoms with Gasteiger partial charge in [-0.1, -0.05) is 12.1 Å². The van der Waals surface area contributed by atoms with Crippen LogP contribution in [-0.2, 0) is 4.79 Å². The number of aryl methyl sites for hydroxylation is 1. The summed E-state index contributed by atoms with van der Waals surface area (Å²) in [6.07, 6.45) is 4.66. The zero-order valence-corrected chi connectivity index (χ0v) is 12.8. The lowest BCUT2D eigenvalue weighted by atomic mass is 10.3. The molecule has 1 aromatic carbocycles. The molecule has 0 unspecified atom stereocenters. The van der Waals surface area contributed by atoms with E-state index in [4.69, 9.17) is 9.15 Å². The van der Waals surface area contributed by atoms with Crippen LogP contribution in [0.4, 0.5) is 5.69 Å². The number of ether oxygens (including phenoxy) is 1. The first-order valence-corrected chi connectivity index (χ1v) is 6.97. The third-order valence-electron chi connectivity index (χ3n) is 2.79. The van der Waals surface area contributed by atoms with Crippen molar-refractivity contribution in [3.05, 3.63) is 64.1 Å². The molecule has 0 spiro atoms. The van der Waals surface area contributed by atoms with Crippen molar-refractivity contribution < 1.29 is 18.9 Å². The fourth-order valence-electron chi connectivity index (χ4n) is 1.74. The molecule has 1 aromatic heterocycles. The second-order valence-electron chi connectivity index (χ2n) is 4.63. The molecule has 0 radical (unpaired) electrons. The molecule has 24 heavy (non-hydrogen) atoms. The van der Waals surface area contributed by atoms with E-state index in [1.807, 2.05) is 13.0 Å². The van der Waals surface area contributed by atoms with E-state index in [0.717, 1.165) is 5.76 Å². The molecule has 2 aromatic rings. The van der Waals surface area contributed by atoms with E-state index in [1.54, 1.807) is 24.3 Å². The van der Waals surface area contributed by atoms with Gasteiger partial charge in [0, 0.05) is 12.3 Å². The highest BCUT2D eigenvalue weighted by Gasteiger charge is 2.14. The maximum absolute atomic E-state index is 11.6. The van der Waals surface area contributed by atoms with E-state index in [0.29, 0.717) is 5.76 Å². The minimum Gasteiger partial charge on any atom is -0.477 e. The lowest BCUT2D eigenvalue weighted by Gasteiger charge is -2.04. The van der Waals surface area contributed by atoms with E-state index in [9.17, 15) is 14.9 Å². The molecule has 0 fully saturated rings. The largest absolute Gasteiger partial charge is 0.477 e. The molecule has 0 aliphatic rings. The van der Waals surface area contributed by atoms with Gasteiger partial charge in [0.25, 0.3) is 5.91 Å². The zero-order chi connectivity index (χ0) is 17.4. The molecule has 1 heterocycles. The summed E-state index contributed by atoms with van der Waals surface area (Å²) >= 11 is 0. The Labute approximate surface area is 137 Å². The third-order valence-corrected chi connectivity index (χ3v) is 2.79. The number of nitro groups is 1. The summed E-state index contributed by atoms with van der Waals surface area (Å²) in [5, 5.41) is 14.5. The van der Waals surface area contributed by atoms with E-state index in [1.165, 1.54) is 24.4 Å². The van der Waals surface area contributed by atoms with Crippen LogP contribution in [-0.4, -0.2) is 23.7 Å². The van der Waals surface area contributed by atoms with Crippen LogP contribution in [0.15, 0.2) is 52.0 Å². The fourth-order valence-corrected chi connectivity index (χ4v) is 1.74. The summed E-state index contributed by atoms with van der Waals surface area (Å²) in [7, 11) is 0. The Balaban J connectivity index is 1.78. The molecule has 0 aliphatic heterocycles. The first-order valence-electron chi connectivity index (χ1n) is 6.97. The van der Waals surface area contributed by atoms with Crippen LogP contribution < -0.4 is 10.2 Å². The standard InChI is InChI=1S/C16H15N3O5/c1-12-8-9-13(24-12)5-4-10-17-18-16(20)11-23-15-7-3-2-6-14(15)19(21)22/h2-10H,11H2,1H3,(H,18,20)/b5-4+,17-10+. The van der Waals surface area contributed by atoms with Crippen LogP contribution in [0.1, 0.15) is 11.5 Å². The second kappa shape index (κ2) is 8.28. The number of amides is 1. The Morgan fingerprint density at radius 2 is 2.17 bits per heavy atom. The average molecular weight is 329 g/mol. The van der Waals surface area contributed by atoms with Crippen molar-refractivity contribution in [2.24, 2.45) is 5.10 Å². The van der Waals surface area contributed by atoms with E-state index in [2.05, 4.69) is 10.5 Å². The van der Waals surface area contributed by atoms with Gasteiger partial charge in [-0.25, -0.2) is 5.43 Å². The zero-order valence-electron chi connectivity index (χ0n) is 12.8. The van der Waals surface area contributed by atoms with Gasteiger partial charge in [0.05, 0.1) is 4.92 Å². The van der Waals surface area contributed by atoms with Gasteiger partial charge < -0.3 is 9.15 Å². The Kier molecular flexibility index (Phi) is 5.84. The van der Waals surface area contributed by atoms with Gasteiger partial charge in [0.1, 0.15) is 11.5 Å². The smallest absolute Gasteiger partial charge is 0.310 e. The van der Waals surface area contributed by atoms with Gasteiger partial charge in [-0.3, -0.25) is 14.9 Å². The van der Waals surface area contributed by atoms with Gasteiger partial charge in [0.15, 0.2) is 12.4 Å². The van der Waals surface area contributed by atoms with Crippen LogP contribution in [0.5, 0.6) is 5.75 Å². The highest BCUT2D eigenvalue weighted by molar-refractivity contribution is 5.81. The van der Waals surface area contributed by atoms with Crippen LogP contribution in [0.2, 0.25) is 0 Å². The monoisotopic (exact) mass is 329 g/mol. The lowest BCUT2D eigenvalue weighted by molar-refractivity contribution is -0.385. The van der Waals surface area contributed by atoms with Crippen molar-refractivity contribution in [2.45, 2.75) is 6.92 Å². The maximum Gasteiger partial charge on any atom is 0.310 e. The summed E-state index contributed by atoms with van der Waals surface area (Å²) in [6.45, 7) is 1.45. The van der Waals surface area contributed by atoms with Gasteiger partial charge in [-0.05, 0) is 37.3 Å². The topological polar surface area (TPSA) is 107 Å². The molecule has 0 aliphatic carbocycles. The number of nitro benzene ring substituents is 1. The number of carbonyl (C=O) groups excluding carboxylic acids is 1. The van der Waals surface area contributed by atoms with E-state index >= 15 is 0 Å². The second-order valence-corrected chi connectivity index (χ2v) is 4.63. The van der Waals surface area contributed by atoms with Crippen molar-refractivity contribution in [3.63, 3.8) is 0 Å². The average Bonchev–Trinajstić information content (AvgIpc) is 2.98. The predicted molar refractivity (Wildman–Crippen MR) is 87.7 cm³/mol. The SMILES string of the molecule is Cc1ccc(/C=C/C=N/NC(=O)COc2ccccc2[N+](=O)[O-])o1. The van der Waals surface area contributed by atoms with Crippen LogP contribution in [0.25, 0.3) is 6.08 Å². The highest BCUT2D eigenvalue weighted by atomic mass is 16.6. The van der Waals surface area contributed by atoms with Crippen LogP contribution >= 0.6 is 0 Å². The molecule has 0 bridgehead atoms. The number of nitrogens with one attached hydrogen (secondary N) is 1. The molecular weight excluding hydrogens is 314 g/mol. The van der Waals surface area contributed by atoms with Crippen molar-refractivity contribution in [1.82, 2.24) is 5.43 Å². The number of allylic oxidation sites excluding steroid dienone is 1. The number of nitrogens with zero attached hydrogens (tertiary/aromatic N) is 2. The Bertz CT molecular complexity index is 780. The van der Waals surface area contributed by atoms with Crippen LogP contribution in [0.3, 0.4) is 0 Å². The fraction of sp³-hybridized carbons (Fsp3) is 0.125. The van der Waals surface area contributed by atoms with Crippen molar-refractivity contribution in [3.8, 4) is 5.75 Å². The van der Waals surface area contributed by atoms with E-state index in [-0.39, 0.29) is 18.0 Å². The molecule has 2 rings (SSSR count). The number of furan rings is 1. The number of hydrazone groups is 1. The summed E-state index contributed by atoms with van der Waals surface area (Å²) in [5.41, 5.74) is 2.04. The first kappa shape index (κ1) is 16.9. The quantitative estimate of drug-likeness (QED) is 0.477. The van der Waals surface area contributed by atoms with Gasteiger partial charge in [-0.15, -0.1) is 0 Å². The Morgan fingerprint density at radius 3 is 2.88 bits per heavy atom. The summed E-state index contributed by atoms with van der Waals surface area (Å²) in [6, 6.07) is 9.45. The number of benzene rings is 1. The number of hydrogen-bond acceptors (Lipinski definition) is 6.